The quantitative estimate of drug-likeness (QED) is 0.594. The number of quaternary nitrogens is 1. The van der Waals surface area contributed by atoms with Gasteiger partial charge in [0.2, 0.25) is 0 Å². The van der Waals surface area contributed by atoms with Crippen LogP contribution in [0.2, 0.25) is 0 Å². The van der Waals surface area contributed by atoms with Crippen LogP contribution >= 0.6 is 0 Å². The number of hydrogen-bond donors (Lipinski definition) is 1. The highest BCUT2D eigenvalue weighted by Gasteiger charge is 2.31. The molecule has 2 nitrogen and oxygen atoms in total. The fraction of sp³-hybridized carbons (Fsp3) is 1.00. The first kappa shape index (κ1) is 9.01. The number of rotatable bonds is 2. The van der Waals surface area contributed by atoms with Crippen LogP contribution in [0.15, 0.2) is 0 Å². The SMILES string of the molecule is CC(C)(N)C[N+]1(C)CCCC1. The van der Waals surface area contributed by atoms with Crippen molar-refractivity contribution in [2.45, 2.75) is 32.2 Å². The highest BCUT2D eigenvalue weighted by atomic mass is 15.4. The molecular weight excluding hydrogens is 136 g/mol. The molecule has 1 aliphatic heterocycles. The molecule has 0 bridgehead atoms. The van der Waals surface area contributed by atoms with Gasteiger partial charge in [-0.05, 0) is 13.8 Å². The number of hydrogen-bond acceptors (Lipinski definition) is 1. The molecule has 0 aromatic rings. The molecular formula is C9H21N2+. The molecule has 1 aliphatic rings. The highest BCUT2D eigenvalue weighted by molar-refractivity contribution is 4.72. The summed E-state index contributed by atoms with van der Waals surface area (Å²) in [6, 6.07) is 0. The fourth-order valence-electron chi connectivity index (χ4n) is 2.24. The van der Waals surface area contributed by atoms with Crippen LogP contribution in [0.4, 0.5) is 0 Å². The van der Waals surface area contributed by atoms with Gasteiger partial charge < -0.3 is 10.2 Å². The van der Waals surface area contributed by atoms with E-state index in [-0.39, 0.29) is 5.54 Å². The van der Waals surface area contributed by atoms with Gasteiger partial charge in [0.05, 0.1) is 32.2 Å². The number of nitrogens with two attached hydrogens (primary N) is 1. The van der Waals surface area contributed by atoms with E-state index >= 15 is 0 Å². The van der Waals surface area contributed by atoms with Gasteiger partial charge in [-0.2, -0.15) is 0 Å². The molecule has 1 saturated heterocycles. The summed E-state index contributed by atoms with van der Waals surface area (Å²) in [5.41, 5.74) is 5.98. The average molecular weight is 157 g/mol. The zero-order valence-corrected chi connectivity index (χ0v) is 8.06. The molecule has 0 aromatic heterocycles. The molecule has 1 rings (SSSR count). The Balaban J connectivity index is 2.46. The molecule has 2 heteroatoms. The Hall–Kier alpha value is -0.0800. The molecule has 0 spiro atoms. The van der Waals surface area contributed by atoms with Crippen LogP contribution in [-0.4, -0.2) is 36.7 Å². The Labute approximate surface area is 70.0 Å². The van der Waals surface area contributed by atoms with Crippen LogP contribution in [0.5, 0.6) is 0 Å². The van der Waals surface area contributed by atoms with Crippen molar-refractivity contribution >= 4 is 0 Å². The Morgan fingerprint density at radius 1 is 1.27 bits per heavy atom. The Morgan fingerprint density at radius 2 is 1.73 bits per heavy atom. The standard InChI is InChI=1S/C9H21N2/c1-9(2,10)8-11(3)6-4-5-7-11/h4-8,10H2,1-3H3/q+1. The fourth-order valence-corrected chi connectivity index (χ4v) is 2.24. The zero-order valence-electron chi connectivity index (χ0n) is 8.06. The molecule has 11 heavy (non-hydrogen) atoms. The molecule has 0 atom stereocenters. The lowest BCUT2D eigenvalue weighted by Gasteiger charge is -2.35. The smallest absolute Gasteiger partial charge is 0.0961 e. The molecule has 0 aliphatic carbocycles. The van der Waals surface area contributed by atoms with Crippen LogP contribution in [0.1, 0.15) is 26.7 Å². The molecule has 0 radical (unpaired) electrons. The maximum atomic E-state index is 5.98. The van der Waals surface area contributed by atoms with E-state index in [1.54, 1.807) is 0 Å². The second-order valence-corrected chi connectivity index (χ2v) is 4.92. The minimum Gasteiger partial charge on any atom is -0.325 e. The van der Waals surface area contributed by atoms with E-state index in [2.05, 4.69) is 20.9 Å². The third-order valence-corrected chi connectivity index (χ3v) is 2.44. The summed E-state index contributed by atoms with van der Waals surface area (Å²) >= 11 is 0. The van der Waals surface area contributed by atoms with E-state index in [1.807, 2.05) is 0 Å². The normalized spacial score (nSPS) is 24.0. The van der Waals surface area contributed by atoms with Crippen molar-refractivity contribution < 1.29 is 4.48 Å². The summed E-state index contributed by atoms with van der Waals surface area (Å²) in [6.45, 7) is 8.00. The first-order chi connectivity index (χ1) is 4.91. The van der Waals surface area contributed by atoms with E-state index in [0.717, 1.165) is 6.54 Å². The van der Waals surface area contributed by atoms with Crippen LogP contribution in [0.25, 0.3) is 0 Å². The van der Waals surface area contributed by atoms with Gasteiger partial charge in [0, 0.05) is 12.8 Å². The largest absolute Gasteiger partial charge is 0.325 e. The van der Waals surface area contributed by atoms with Gasteiger partial charge in [-0.3, -0.25) is 0 Å². The molecule has 0 saturated carbocycles. The van der Waals surface area contributed by atoms with E-state index in [9.17, 15) is 0 Å². The highest BCUT2D eigenvalue weighted by Crippen LogP contribution is 2.18. The van der Waals surface area contributed by atoms with Crippen molar-refractivity contribution in [2.75, 3.05) is 26.7 Å². The number of likely N-dealkylation sites (tertiary alicyclic amines) is 1. The molecule has 1 heterocycles. The molecule has 0 amide bonds. The van der Waals surface area contributed by atoms with Crippen LogP contribution in [0.3, 0.4) is 0 Å². The van der Waals surface area contributed by atoms with Gasteiger partial charge in [0.1, 0.15) is 0 Å². The predicted molar refractivity (Wildman–Crippen MR) is 48.3 cm³/mol. The summed E-state index contributed by atoms with van der Waals surface area (Å²) in [5, 5.41) is 0. The van der Waals surface area contributed by atoms with Crippen molar-refractivity contribution in [1.82, 2.24) is 0 Å². The summed E-state index contributed by atoms with van der Waals surface area (Å²) in [6.07, 6.45) is 2.76. The first-order valence-electron chi connectivity index (χ1n) is 4.54. The summed E-state index contributed by atoms with van der Waals surface area (Å²) in [5.74, 6) is 0. The summed E-state index contributed by atoms with van der Waals surface area (Å²) in [4.78, 5) is 0. The lowest BCUT2D eigenvalue weighted by atomic mass is 10.1. The van der Waals surface area contributed by atoms with Gasteiger partial charge >= 0.3 is 0 Å². The van der Waals surface area contributed by atoms with Gasteiger partial charge in [0.25, 0.3) is 0 Å². The summed E-state index contributed by atoms with van der Waals surface area (Å²) in [7, 11) is 2.32. The topological polar surface area (TPSA) is 26.0 Å². The van der Waals surface area contributed by atoms with E-state index in [4.69, 9.17) is 5.73 Å². The Bertz CT molecular complexity index is 129. The third kappa shape index (κ3) is 2.80. The second kappa shape index (κ2) is 2.76. The Morgan fingerprint density at radius 3 is 2.09 bits per heavy atom. The molecule has 66 valence electrons. The maximum Gasteiger partial charge on any atom is 0.0961 e. The maximum absolute atomic E-state index is 5.98. The van der Waals surface area contributed by atoms with Gasteiger partial charge in [-0.15, -0.1) is 0 Å². The lowest BCUT2D eigenvalue weighted by Crippen LogP contribution is -2.53. The van der Waals surface area contributed by atoms with Crippen molar-refractivity contribution in [1.29, 1.82) is 0 Å². The second-order valence-electron chi connectivity index (χ2n) is 4.92. The third-order valence-electron chi connectivity index (χ3n) is 2.44. The minimum atomic E-state index is -0.000903. The van der Waals surface area contributed by atoms with Crippen LogP contribution in [-0.2, 0) is 0 Å². The molecule has 0 unspecified atom stereocenters. The van der Waals surface area contributed by atoms with Gasteiger partial charge in [0.15, 0.2) is 0 Å². The van der Waals surface area contributed by atoms with Crippen LogP contribution in [0, 0.1) is 0 Å². The molecule has 0 aromatic carbocycles. The van der Waals surface area contributed by atoms with Crippen molar-refractivity contribution in [3.05, 3.63) is 0 Å². The van der Waals surface area contributed by atoms with Gasteiger partial charge in [-0.25, -0.2) is 0 Å². The number of nitrogens with zero attached hydrogens (tertiary/aromatic N) is 1. The van der Waals surface area contributed by atoms with Crippen molar-refractivity contribution in [2.24, 2.45) is 5.73 Å². The predicted octanol–water partition coefficient (Wildman–Crippen LogP) is 0.964. The van der Waals surface area contributed by atoms with Crippen molar-refractivity contribution in [3.63, 3.8) is 0 Å². The first-order valence-corrected chi connectivity index (χ1v) is 4.54. The number of likely N-dealkylation sites (N-methyl/N-ethyl adjacent to an activating group) is 1. The monoisotopic (exact) mass is 157 g/mol. The summed E-state index contributed by atoms with van der Waals surface area (Å²) < 4.78 is 1.18. The van der Waals surface area contributed by atoms with Crippen LogP contribution < -0.4 is 5.73 Å². The minimum absolute atomic E-state index is 0.000903. The van der Waals surface area contributed by atoms with E-state index in [0.29, 0.717) is 0 Å². The molecule has 2 N–H and O–H groups in total. The van der Waals surface area contributed by atoms with Gasteiger partial charge in [-0.1, -0.05) is 0 Å². The lowest BCUT2D eigenvalue weighted by molar-refractivity contribution is -0.900. The molecule has 1 fully saturated rings. The Kier molecular flexibility index (Phi) is 2.26. The zero-order chi connectivity index (χ0) is 8.54. The van der Waals surface area contributed by atoms with Crippen molar-refractivity contribution in [3.8, 4) is 0 Å². The average Bonchev–Trinajstić information content (AvgIpc) is 2.09. The van der Waals surface area contributed by atoms with E-state index in [1.165, 1.54) is 30.4 Å². The van der Waals surface area contributed by atoms with E-state index < -0.39 is 0 Å².